The van der Waals surface area contributed by atoms with Crippen molar-refractivity contribution in [2.45, 2.75) is 19.4 Å². The zero-order valence-electron chi connectivity index (χ0n) is 15.6. The predicted molar refractivity (Wildman–Crippen MR) is 104 cm³/mol. The van der Waals surface area contributed by atoms with Crippen molar-refractivity contribution in [1.82, 2.24) is 14.6 Å². The Kier molecular flexibility index (Phi) is 3.95. The van der Waals surface area contributed by atoms with Crippen molar-refractivity contribution in [2.75, 3.05) is 24.6 Å². The molecular weight excluding hydrogens is 354 g/mol. The molecule has 0 aromatic carbocycles. The van der Waals surface area contributed by atoms with Gasteiger partial charge in [0.25, 0.3) is 0 Å². The van der Waals surface area contributed by atoms with Gasteiger partial charge in [-0.05, 0) is 43.4 Å². The van der Waals surface area contributed by atoms with Crippen LogP contribution in [0.4, 0.5) is 5.82 Å². The van der Waals surface area contributed by atoms with Crippen LogP contribution in [0.15, 0.2) is 36.8 Å². The van der Waals surface area contributed by atoms with E-state index in [0.29, 0.717) is 11.3 Å². The minimum absolute atomic E-state index is 0.186. The number of pyridine rings is 2. The first-order chi connectivity index (χ1) is 13.6. The number of anilines is 1. The lowest BCUT2D eigenvalue weighted by molar-refractivity contribution is 0.122. The summed E-state index contributed by atoms with van der Waals surface area (Å²) < 4.78 is 7.33. The van der Waals surface area contributed by atoms with E-state index in [-0.39, 0.29) is 6.61 Å². The van der Waals surface area contributed by atoms with Crippen LogP contribution in [0.1, 0.15) is 18.9 Å². The largest absolute Gasteiger partial charge is 0.489 e. The third-order valence-corrected chi connectivity index (χ3v) is 5.56. The van der Waals surface area contributed by atoms with E-state index in [4.69, 9.17) is 4.74 Å². The van der Waals surface area contributed by atoms with Gasteiger partial charge in [0.05, 0.1) is 29.6 Å². The second-order valence-corrected chi connectivity index (χ2v) is 7.78. The molecule has 7 nitrogen and oxygen atoms in total. The van der Waals surface area contributed by atoms with E-state index < -0.39 is 6.10 Å². The number of aliphatic hydroxyl groups excluding tert-OH is 1. The molecule has 28 heavy (non-hydrogen) atoms. The Morgan fingerprint density at radius 2 is 2.14 bits per heavy atom. The monoisotopic (exact) mass is 375 g/mol. The van der Waals surface area contributed by atoms with Gasteiger partial charge >= 0.3 is 0 Å². The van der Waals surface area contributed by atoms with Gasteiger partial charge in [0.2, 0.25) is 0 Å². The molecule has 2 aliphatic rings. The van der Waals surface area contributed by atoms with Gasteiger partial charge in [0.15, 0.2) is 0 Å². The van der Waals surface area contributed by atoms with Gasteiger partial charge in [-0.2, -0.15) is 10.4 Å². The highest BCUT2D eigenvalue weighted by atomic mass is 16.5. The zero-order valence-corrected chi connectivity index (χ0v) is 15.6. The molecule has 142 valence electrons. The number of nitriles is 1. The second-order valence-electron chi connectivity index (χ2n) is 7.78. The smallest absolute Gasteiger partial charge is 0.138 e. The topological polar surface area (TPSA) is 86.7 Å². The van der Waals surface area contributed by atoms with Gasteiger partial charge in [-0.1, -0.05) is 0 Å². The molecule has 1 saturated heterocycles. The molecule has 3 aromatic heterocycles. The van der Waals surface area contributed by atoms with Crippen molar-refractivity contribution < 1.29 is 9.84 Å². The van der Waals surface area contributed by atoms with Crippen LogP contribution in [0.2, 0.25) is 0 Å². The van der Waals surface area contributed by atoms with Crippen LogP contribution in [-0.4, -0.2) is 45.5 Å². The molecule has 1 N–H and O–H groups in total. The Bertz CT molecular complexity index is 1060. The fraction of sp³-hybridized carbons (Fsp3) is 0.381. The maximum atomic E-state index is 9.51. The summed E-state index contributed by atoms with van der Waals surface area (Å²) in [7, 11) is 0. The molecule has 4 heterocycles. The van der Waals surface area contributed by atoms with E-state index in [1.165, 1.54) is 6.42 Å². The molecule has 3 unspecified atom stereocenters. The van der Waals surface area contributed by atoms with Gasteiger partial charge in [-0.15, -0.1) is 0 Å². The number of ether oxygens (including phenoxy) is 1. The lowest BCUT2D eigenvalue weighted by Gasteiger charge is -2.19. The number of aromatic nitrogens is 3. The summed E-state index contributed by atoms with van der Waals surface area (Å²) in [5, 5.41) is 23.3. The Morgan fingerprint density at radius 1 is 1.32 bits per heavy atom. The first kappa shape index (κ1) is 17.0. The molecule has 0 radical (unpaired) electrons. The number of aliphatic hydroxyl groups is 1. The number of hydrogen-bond donors (Lipinski definition) is 1. The maximum absolute atomic E-state index is 9.51. The number of hydrogen-bond acceptors (Lipinski definition) is 6. The molecule has 2 fully saturated rings. The molecular formula is C21H21N5O2. The summed E-state index contributed by atoms with van der Waals surface area (Å²) in [5.74, 6) is 3.30. The van der Waals surface area contributed by atoms with E-state index in [1.54, 1.807) is 23.8 Å². The summed E-state index contributed by atoms with van der Waals surface area (Å²) in [5.41, 5.74) is 2.96. The normalized spacial score (nSPS) is 21.4. The van der Waals surface area contributed by atoms with Crippen molar-refractivity contribution >= 4 is 11.3 Å². The predicted octanol–water partition coefficient (Wildman–Crippen LogP) is 2.48. The van der Waals surface area contributed by atoms with E-state index in [0.717, 1.165) is 47.4 Å². The fourth-order valence-electron chi connectivity index (χ4n) is 4.01. The first-order valence-electron chi connectivity index (χ1n) is 9.56. The van der Waals surface area contributed by atoms with Crippen LogP contribution >= 0.6 is 0 Å². The molecule has 0 spiro atoms. The van der Waals surface area contributed by atoms with Crippen LogP contribution in [0.5, 0.6) is 5.75 Å². The number of rotatable bonds is 5. The highest BCUT2D eigenvalue weighted by molar-refractivity contribution is 5.85. The Labute approximate surface area is 162 Å². The molecule has 1 aliphatic carbocycles. The van der Waals surface area contributed by atoms with Crippen molar-refractivity contribution in [3.63, 3.8) is 0 Å². The molecule has 1 saturated carbocycles. The van der Waals surface area contributed by atoms with Gasteiger partial charge in [-0.25, -0.2) is 9.50 Å². The van der Waals surface area contributed by atoms with Crippen LogP contribution in [0.25, 0.3) is 16.6 Å². The van der Waals surface area contributed by atoms with Crippen molar-refractivity contribution in [3.05, 3.63) is 42.4 Å². The lowest BCUT2D eigenvalue weighted by atomic mass is 10.1. The minimum atomic E-state index is -0.570. The lowest BCUT2D eigenvalue weighted by Crippen LogP contribution is -2.22. The maximum Gasteiger partial charge on any atom is 0.138 e. The summed E-state index contributed by atoms with van der Waals surface area (Å²) >= 11 is 0. The van der Waals surface area contributed by atoms with E-state index in [1.807, 2.05) is 24.4 Å². The van der Waals surface area contributed by atoms with Crippen molar-refractivity contribution in [3.8, 4) is 22.9 Å². The van der Waals surface area contributed by atoms with Crippen LogP contribution in [0, 0.1) is 23.2 Å². The number of fused-ring (bicyclic) bond motifs is 2. The van der Waals surface area contributed by atoms with Crippen LogP contribution in [-0.2, 0) is 0 Å². The molecule has 0 bridgehead atoms. The van der Waals surface area contributed by atoms with Crippen molar-refractivity contribution in [2.24, 2.45) is 11.8 Å². The zero-order chi connectivity index (χ0) is 19.3. The van der Waals surface area contributed by atoms with Gasteiger partial charge < -0.3 is 14.7 Å². The van der Waals surface area contributed by atoms with Gasteiger partial charge in [-0.3, -0.25) is 0 Å². The highest BCUT2D eigenvalue weighted by Crippen LogP contribution is 2.46. The fourth-order valence-corrected chi connectivity index (χ4v) is 4.01. The first-order valence-corrected chi connectivity index (χ1v) is 9.56. The molecule has 1 aliphatic heterocycles. The highest BCUT2D eigenvalue weighted by Gasteiger charge is 2.45. The summed E-state index contributed by atoms with van der Waals surface area (Å²) in [6.45, 7) is 4.06. The Morgan fingerprint density at radius 3 is 2.82 bits per heavy atom. The third kappa shape index (κ3) is 2.96. The second kappa shape index (κ2) is 6.50. The molecule has 3 aromatic rings. The van der Waals surface area contributed by atoms with E-state index in [2.05, 4.69) is 21.1 Å². The van der Waals surface area contributed by atoms with Gasteiger partial charge in [0, 0.05) is 30.4 Å². The molecule has 7 heteroatoms. The standard InChI is InChI=1S/C21H21N5O2/c1-13(27)12-28-18-5-19(21-17(6-22)8-24-26(21)11-18)14-2-3-20(23-7-14)25-9-15-4-16(15)10-25/h2-3,5,7-8,11,13,15-16,27H,4,9-10,12H2,1H3. The Hall–Kier alpha value is -3.11. The van der Waals surface area contributed by atoms with Crippen LogP contribution in [0.3, 0.4) is 0 Å². The summed E-state index contributed by atoms with van der Waals surface area (Å²) in [4.78, 5) is 7.02. The van der Waals surface area contributed by atoms with E-state index >= 15 is 0 Å². The van der Waals surface area contributed by atoms with Gasteiger partial charge in [0.1, 0.15) is 24.2 Å². The number of piperidine rings is 1. The van der Waals surface area contributed by atoms with Crippen molar-refractivity contribution in [1.29, 1.82) is 5.26 Å². The number of nitrogens with zero attached hydrogens (tertiary/aromatic N) is 5. The van der Waals surface area contributed by atoms with Crippen LogP contribution < -0.4 is 9.64 Å². The molecule has 0 amide bonds. The average Bonchev–Trinajstić information content (AvgIpc) is 3.12. The molecule has 5 rings (SSSR count). The molecule has 3 atom stereocenters. The third-order valence-electron chi connectivity index (χ3n) is 5.56. The minimum Gasteiger partial charge on any atom is -0.489 e. The average molecular weight is 375 g/mol. The summed E-state index contributed by atoms with van der Waals surface area (Å²) in [6, 6.07) is 8.16. The SMILES string of the molecule is CC(O)COc1cc(-c2ccc(N3CC4CC4C3)nc2)c2c(C#N)cnn2c1. The quantitative estimate of drug-likeness (QED) is 0.737. The summed E-state index contributed by atoms with van der Waals surface area (Å²) in [6.07, 6.45) is 5.92. The Balaban J connectivity index is 1.52. The van der Waals surface area contributed by atoms with E-state index in [9.17, 15) is 10.4 Å².